The lowest BCUT2D eigenvalue weighted by atomic mass is 10.1. The minimum Gasteiger partial charge on any atom is -0.325 e. The van der Waals surface area contributed by atoms with Gasteiger partial charge in [-0.1, -0.05) is 45.9 Å². The van der Waals surface area contributed by atoms with Gasteiger partial charge in [0, 0.05) is 15.5 Å². The van der Waals surface area contributed by atoms with Crippen molar-refractivity contribution in [2.75, 3.05) is 11.1 Å². The minimum atomic E-state index is -0.0371. The summed E-state index contributed by atoms with van der Waals surface area (Å²) in [6, 6.07) is 17.6. The zero-order valence-electron chi connectivity index (χ0n) is 12.5. The van der Waals surface area contributed by atoms with E-state index in [0.717, 1.165) is 26.1 Å². The molecule has 0 unspecified atom stereocenters. The van der Waals surface area contributed by atoms with E-state index in [1.54, 1.807) is 0 Å². The first-order chi connectivity index (χ1) is 11.1. The van der Waals surface area contributed by atoms with Gasteiger partial charge in [-0.3, -0.25) is 4.79 Å². The molecule has 0 saturated heterocycles. The molecule has 1 N–H and O–H groups in total. The zero-order chi connectivity index (χ0) is 16.2. The van der Waals surface area contributed by atoms with Crippen LogP contribution >= 0.6 is 27.7 Å². The third-order valence-electron chi connectivity index (χ3n) is 3.38. The highest BCUT2D eigenvalue weighted by molar-refractivity contribution is 9.10. The topological polar surface area (TPSA) is 42.0 Å². The third kappa shape index (κ3) is 4.12. The molecular formula is C18H15BrN2OS. The van der Waals surface area contributed by atoms with Crippen LogP contribution in [-0.2, 0) is 4.79 Å². The van der Waals surface area contributed by atoms with E-state index in [0.29, 0.717) is 5.75 Å². The van der Waals surface area contributed by atoms with Crippen LogP contribution in [0.1, 0.15) is 5.56 Å². The lowest BCUT2D eigenvalue weighted by molar-refractivity contribution is -0.113. The predicted molar refractivity (Wildman–Crippen MR) is 100.0 cm³/mol. The molecule has 0 aliphatic heterocycles. The SMILES string of the molecule is Cc1cc(SCC(=O)Nc2ccc(Br)cc2)nc2ccccc12. The average Bonchev–Trinajstić information content (AvgIpc) is 2.55. The third-order valence-corrected chi connectivity index (χ3v) is 4.82. The number of rotatable bonds is 4. The quantitative estimate of drug-likeness (QED) is 0.638. The van der Waals surface area contributed by atoms with E-state index in [-0.39, 0.29) is 5.91 Å². The van der Waals surface area contributed by atoms with E-state index in [1.807, 2.05) is 48.5 Å². The van der Waals surface area contributed by atoms with Gasteiger partial charge < -0.3 is 5.32 Å². The Kier molecular flexibility index (Phi) is 4.98. The maximum Gasteiger partial charge on any atom is 0.234 e. The smallest absolute Gasteiger partial charge is 0.234 e. The monoisotopic (exact) mass is 386 g/mol. The molecule has 0 atom stereocenters. The van der Waals surface area contributed by atoms with Crippen molar-refractivity contribution in [3.8, 4) is 0 Å². The van der Waals surface area contributed by atoms with E-state index in [4.69, 9.17) is 0 Å². The summed E-state index contributed by atoms with van der Waals surface area (Å²) in [6.45, 7) is 2.07. The Balaban J connectivity index is 1.66. The van der Waals surface area contributed by atoms with Gasteiger partial charge in [-0.2, -0.15) is 0 Å². The fourth-order valence-electron chi connectivity index (χ4n) is 2.26. The Morgan fingerprint density at radius 3 is 2.70 bits per heavy atom. The second-order valence-corrected chi connectivity index (χ2v) is 7.05. The second-order valence-electron chi connectivity index (χ2n) is 5.14. The molecule has 1 heterocycles. The van der Waals surface area contributed by atoms with E-state index in [2.05, 4.69) is 39.2 Å². The van der Waals surface area contributed by atoms with Crippen molar-refractivity contribution in [1.82, 2.24) is 4.98 Å². The Morgan fingerprint density at radius 2 is 1.91 bits per heavy atom. The summed E-state index contributed by atoms with van der Waals surface area (Å²) < 4.78 is 0.987. The summed E-state index contributed by atoms with van der Waals surface area (Å²) in [7, 11) is 0. The normalized spacial score (nSPS) is 10.7. The van der Waals surface area contributed by atoms with Crippen LogP contribution in [0.3, 0.4) is 0 Å². The first-order valence-electron chi connectivity index (χ1n) is 7.16. The van der Waals surface area contributed by atoms with Crippen molar-refractivity contribution >= 4 is 50.2 Å². The van der Waals surface area contributed by atoms with Gasteiger partial charge in [0.1, 0.15) is 0 Å². The maximum absolute atomic E-state index is 12.0. The van der Waals surface area contributed by atoms with E-state index >= 15 is 0 Å². The number of amides is 1. The van der Waals surface area contributed by atoms with Crippen LogP contribution in [0.4, 0.5) is 5.69 Å². The molecule has 116 valence electrons. The van der Waals surface area contributed by atoms with Crippen molar-refractivity contribution in [3.05, 3.63) is 64.6 Å². The van der Waals surface area contributed by atoms with Gasteiger partial charge in [0.15, 0.2) is 0 Å². The van der Waals surface area contributed by atoms with E-state index < -0.39 is 0 Å². The number of halogens is 1. The number of benzene rings is 2. The first-order valence-corrected chi connectivity index (χ1v) is 8.94. The molecule has 5 heteroatoms. The molecule has 3 aromatic rings. The van der Waals surface area contributed by atoms with Gasteiger partial charge in [0.05, 0.1) is 16.3 Å². The van der Waals surface area contributed by atoms with Gasteiger partial charge in [-0.25, -0.2) is 4.98 Å². The Labute approximate surface area is 147 Å². The van der Waals surface area contributed by atoms with Crippen molar-refractivity contribution in [2.45, 2.75) is 11.9 Å². The van der Waals surface area contributed by atoms with Crippen LogP contribution in [0.25, 0.3) is 10.9 Å². The molecular weight excluding hydrogens is 372 g/mol. The molecule has 0 radical (unpaired) electrons. The van der Waals surface area contributed by atoms with Crippen molar-refractivity contribution in [1.29, 1.82) is 0 Å². The molecule has 0 aliphatic carbocycles. The number of nitrogens with zero attached hydrogens (tertiary/aromatic N) is 1. The molecule has 0 spiro atoms. The summed E-state index contributed by atoms with van der Waals surface area (Å²) in [6.07, 6.45) is 0. The maximum atomic E-state index is 12.0. The summed E-state index contributed by atoms with van der Waals surface area (Å²) in [5.74, 6) is 0.297. The Morgan fingerprint density at radius 1 is 1.17 bits per heavy atom. The summed E-state index contributed by atoms with van der Waals surface area (Å²) >= 11 is 4.82. The number of carbonyl (C=O) groups is 1. The van der Waals surface area contributed by atoms with E-state index in [9.17, 15) is 4.79 Å². The van der Waals surface area contributed by atoms with E-state index in [1.165, 1.54) is 17.3 Å². The first kappa shape index (κ1) is 16.0. The Bertz CT molecular complexity index is 849. The standard InChI is InChI=1S/C18H15BrN2OS/c1-12-10-18(21-16-5-3-2-4-15(12)16)23-11-17(22)20-14-8-6-13(19)7-9-14/h2-10H,11H2,1H3,(H,20,22). The number of pyridine rings is 1. The second kappa shape index (κ2) is 7.15. The number of thioether (sulfide) groups is 1. The molecule has 3 rings (SSSR count). The highest BCUT2D eigenvalue weighted by atomic mass is 79.9. The number of anilines is 1. The number of hydrogen-bond acceptors (Lipinski definition) is 3. The number of aryl methyl sites for hydroxylation is 1. The van der Waals surface area contributed by atoms with Crippen molar-refractivity contribution < 1.29 is 4.79 Å². The van der Waals surface area contributed by atoms with Crippen LogP contribution in [0.2, 0.25) is 0 Å². The number of fused-ring (bicyclic) bond motifs is 1. The van der Waals surface area contributed by atoms with Crippen molar-refractivity contribution in [3.63, 3.8) is 0 Å². The zero-order valence-corrected chi connectivity index (χ0v) is 14.9. The van der Waals surface area contributed by atoms with Gasteiger partial charge in [-0.05, 0) is 48.9 Å². The largest absolute Gasteiger partial charge is 0.325 e. The molecule has 23 heavy (non-hydrogen) atoms. The lowest BCUT2D eigenvalue weighted by Crippen LogP contribution is -2.14. The van der Waals surface area contributed by atoms with Crippen LogP contribution < -0.4 is 5.32 Å². The highest BCUT2D eigenvalue weighted by Crippen LogP contribution is 2.23. The molecule has 2 aromatic carbocycles. The van der Waals surface area contributed by atoms with Gasteiger partial charge in [-0.15, -0.1) is 0 Å². The summed E-state index contributed by atoms with van der Waals surface area (Å²) in [5, 5.41) is 4.90. The van der Waals surface area contributed by atoms with Crippen molar-refractivity contribution in [2.24, 2.45) is 0 Å². The molecule has 0 saturated carbocycles. The number of hydrogen-bond donors (Lipinski definition) is 1. The molecule has 1 aromatic heterocycles. The fourth-order valence-corrected chi connectivity index (χ4v) is 3.30. The van der Waals surface area contributed by atoms with Crippen LogP contribution in [0.5, 0.6) is 0 Å². The predicted octanol–water partition coefficient (Wildman–Crippen LogP) is 5.04. The fraction of sp³-hybridized carbons (Fsp3) is 0.111. The van der Waals surface area contributed by atoms with Gasteiger partial charge in [0.2, 0.25) is 5.91 Å². The molecule has 3 nitrogen and oxygen atoms in total. The summed E-state index contributed by atoms with van der Waals surface area (Å²) in [5.41, 5.74) is 2.93. The molecule has 0 bridgehead atoms. The van der Waals surface area contributed by atoms with Crippen LogP contribution in [0, 0.1) is 6.92 Å². The molecule has 1 amide bonds. The summed E-state index contributed by atoms with van der Waals surface area (Å²) in [4.78, 5) is 16.7. The minimum absolute atomic E-state index is 0.0371. The van der Waals surface area contributed by atoms with Crippen LogP contribution in [0.15, 0.2) is 64.1 Å². The molecule has 0 fully saturated rings. The number of para-hydroxylation sites is 1. The lowest BCUT2D eigenvalue weighted by Gasteiger charge is -2.07. The Hall–Kier alpha value is -1.85. The number of nitrogens with one attached hydrogen (secondary N) is 1. The highest BCUT2D eigenvalue weighted by Gasteiger charge is 2.07. The average molecular weight is 387 g/mol. The van der Waals surface area contributed by atoms with Gasteiger partial charge in [0.25, 0.3) is 0 Å². The van der Waals surface area contributed by atoms with Crippen LogP contribution in [-0.4, -0.2) is 16.6 Å². The van der Waals surface area contributed by atoms with Gasteiger partial charge >= 0.3 is 0 Å². The number of aromatic nitrogens is 1. The number of carbonyl (C=O) groups excluding carboxylic acids is 1. The molecule has 0 aliphatic rings.